The van der Waals surface area contributed by atoms with Gasteiger partial charge in [-0.3, -0.25) is 4.79 Å². The molecule has 0 radical (unpaired) electrons. The molecule has 0 spiro atoms. The quantitative estimate of drug-likeness (QED) is 0.854. The highest BCUT2D eigenvalue weighted by atomic mass is 32.1. The van der Waals surface area contributed by atoms with E-state index in [4.69, 9.17) is 0 Å². The fourth-order valence-corrected chi connectivity index (χ4v) is 2.84. The number of nitrogens with zero attached hydrogens (tertiary/aromatic N) is 1. The molecule has 6 heteroatoms. The van der Waals surface area contributed by atoms with Gasteiger partial charge < -0.3 is 15.3 Å². The molecule has 0 atom stereocenters. The van der Waals surface area contributed by atoms with E-state index >= 15 is 0 Å². The Morgan fingerprint density at radius 2 is 1.95 bits per heavy atom. The summed E-state index contributed by atoms with van der Waals surface area (Å²) in [4.78, 5) is 26.1. The molecule has 2 rings (SSSR count). The third kappa shape index (κ3) is 3.46. The van der Waals surface area contributed by atoms with Crippen LogP contribution in [0.2, 0.25) is 0 Å². The lowest BCUT2D eigenvalue weighted by atomic mass is 10.1. The van der Waals surface area contributed by atoms with Crippen LogP contribution in [0.1, 0.15) is 33.9 Å². The van der Waals surface area contributed by atoms with Gasteiger partial charge in [0.25, 0.3) is 5.91 Å². The fourth-order valence-electron chi connectivity index (χ4n) is 2.23. The highest BCUT2D eigenvalue weighted by Gasteiger charge is 2.16. The molecule has 1 aromatic carbocycles. The summed E-state index contributed by atoms with van der Waals surface area (Å²) in [5.41, 5.74) is 1.33. The summed E-state index contributed by atoms with van der Waals surface area (Å²) in [6, 6.07) is 8.49. The molecule has 1 heterocycles. The zero-order valence-electron chi connectivity index (χ0n) is 12.5. The SMILES string of the molecule is CCN(CC)c1ccc(NC(=O)c2cccs2)cc1C(=O)O. The molecule has 0 unspecified atom stereocenters. The van der Waals surface area contributed by atoms with Crippen molar-refractivity contribution in [3.05, 3.63) is 46.2 Å². The summed E-state index contributed by atoms with van der Waals surface area (Å²) in [5.74, 6) is -1.24. The number of hydrogen-bond donors (Lipinski definition) is 2. The first-order valence-corrected chi connectivity index (χ1v) is 7.91. The van der Waals surface area contributed by atoms with Crippen LogP contribution >= 0.6 is 11.3 Å². The van der Waals surface area contributed by atoms with Crippen LogP contribution in [0, 0.1) is 0 Å². The number of thiophene rings is 1. The number of carboxylic acids is 1. The predicted octanol–water partition coefficient (Wildman–Crippen LogP) is 3.54. The molecule has 2 N–H and O–H groups in total. The number of nitrogens with one attached hydrogen (secondary N) is 1. The van der Waals surface area contributed by atoms with Gasteiger partial charge in [0.1, 0.15) is 0 Å². The number of hydrogen-bond acceptors (Lipinski definition) is 4. The van der Waals surface area contributed by atoms with Crippen molar-refractivity contribution in [1.29, 1.82) is 0 Å². The first-order valence-electron chi connectivity index (χ1n) is 7.04. The summed E-state index contributed by atoms with van der Waals surface area (Å²) in [7, 11) is 0. The number of carbonyl (C=O) groups excluding carboxylic acids is 1. The topological polar surface area (TPSA) is 69.6 Å². The third-order valence-corrected chi connectivity index (χ3v) is 4.20. The zero-order chi connectivity index (χ0) is 16.1. The van der Waals surface area contributed by atoms with E-state index in [9.17, 15) is 14.7 Å². The number of aromatic carboxylic acids is 1. The first kappa shape index (κ1) is 16.0. The Morgan fingerprint density at radius 3 is 2.50 bits per heavy atom. The van der Waals surface area contributed by atoms with Crippen LogP contribution in [0.15, 0.2) is 35.7 Å². The van der Waals surface area contributed by atoms with E-state index in [0.29, 0.717) is 16.3 Å². The van der Waals surface area contributed by atoms with Crippen LogP contribution in [-0.4, -0.2) is 30.1 Å². The second-order valence-corrected chi connectivity index (χ2v) is 5.59. The minimum Gasteiger partial charge on any atom is -0.478 e. The molecule has 1 aromatic heterocycles. The molecule has 0 saturated carbocycles. The number of carbonyl (C=O) groups is 2. The minimum atomic E-state index is -1.01. The standard InChI is InChI=1S/C16H18N2O3S/c1-3-18(4-2)13-8-7-11(10-12(13)16(20)21)17-15(19)14-6-5-9-22-14/h5-10H,3-4H2,1-2H3,(H,17,19)(H,20,21). The second kappa shape index (κ2) is 7.09. The zero-order valence-corrected chi connectivity index (χ0v) is 13.3. The second-order valence-electron chi connectivity index (χ2n) is 4.64. The van der Waals surface area contributed by atoms with Gasteiger partial charge >= 0.3 is 5.97 Å². The van der Waals surface area contributed by atoms with Crippen molar-refractivity contribution in [2.24, 2.45) is 0 Å². The van der Waals surface area contributed by atoms with Gasteiger partial charge in [-0.05, 0) is 43.5 Å². The molecular weight excluding hydrogens is 300 g/mol. The summed E-state index contributed by atoms with van der Waals surface area (Å²) in [5, 5.41) is 14.0. The number of amides is 1. The lowest BCUT2D eigenvalue weighted by Gasteiger charge is -2.23. The molecule has 0 aliphatic carbocycles. The molecule has 2 aromatic rings. The fraction of sp³-hybridized carbons (Fsp3) is 0.250. The smallest absolute Gasteiger partial charge is 0.337 e. The Balaban J connectivity index is 2.29. The van der Waals surface area contributed by atoms with Gasteiger partial charge in [-0.15, -0.1) is 11.3 Å². The van der Waals surface area contributed by atoms with Crippen LogP contribution in [-0.2, 0) is 0 Å². The highest BCUT2D eigenvalue weighted by molar-refractivity contribution is 7.12. The summed E-state index contributed by atoms with van der Waals surface area (Å²) in [6.07, 6.45) is 0. The Hall–Kier alpha value is -2.34. The average molecular weight is 318 g/mol. The Labute approximate surface area is 133 Å². The minimum absolute atomic E-state index is 0.188. The maximum atomic E-state index is 12.0. The van der Waals surface area contributed by atoms with Gasteiger partial charge in [0, 0.05) is 18.8 Å². The number of rotatable bonds is 6. The summed E-state index contributed by atoms with van der Waals surface area (Å²) < 4.78 is 0. The average Bonchev–Trinajstić information content (AvgIpc) is 3.04. The number of carboxylic acid groups (broad SMARTS) is 1. The number of benzene rings is 1. The Bertz CT molecular complexity index is 664. The molecule has 116 valence electrons. The maximum absolute atomic E-state index is 12.0. The van der Waals surface area contributed by atoms with Crippen molar-refractivity contribution in [3.63, 3.8) is 0 Å². The molecule has 0 fully saturated rings. The molecule has 0 aliphatic heterocycles. The molecule has 0 aliphatic rings. The van der Waals surface area contributed by atoms with Crippen LogP contribution in [0.25, 0.3) is 0 Å². The monoisotopic (exact) mass is 318 g/mol. The van der Waals surface area contributed by atoms with Gasteiger partial charge in [-0.25, -0.2) is 4.79 Å². The summed E-state index contributed by atoms with van der Waals surface area (Å²) in [6.45, 7) is 5.39. The largest absolute Gasteiger partial charge is 0.478 e. The van der Waals surface area contributed by atoms with Gasteiger partial charge in [0.15, 0.2) is 0 Å². The Morgan fingerprint density at radius 1 is 1.23 bits per heavy atom. The van der Waals surface area contributed by atoms with Gasteiger partial charge in [-0.2, -0.15) is 0 Å². The van der Waals surface area contributed by atoms with Crippen molar-refractivity contribution in [2.75, 3.05) is 23.3 Å². The molecular formula is C16H18N2O3S. The lowest BCUT2D eigenvalue weighted by Crippen LogP contribution is -2.24. The van der Waals surface area contributed by atoms with Gasteiger partial charge in [0.05, 0.1) is 16.1 Å². The van der Waals surface area contributed by atoms with Gasteiger partial charge in [-0.1, -0.05) is 6.07 Å². The predicted molar refractivity (Wildman–Crippen MR) is 89.2 cm³/mol. The van der Waals surface area contributed by atoms with E-state index in [2.05, 4.69) is 5.32 Å². The van der Waals surface area contributed by atoms with Crippen molar-refractivity contribution >= 4 is 34.6 Å². The molecule has 5 nitrogen and oxygen atoms in total. The van der Waals surface area contributed by atoms with Crippen molar-refractivity contribution in [2.45, 2.75) is 13.8 Å². The van der Waals surface area contributed by atoms with Crippen molar-refractivity contribution in [1.82, 2.24) is 0 Å². The third-order valence-electron chi connectivity index (χ3n) is 3.33. The van der Waals surface area contributed by atoms with E-state index in [1.165, 1.54) is 17.4 Å². The van der Waals surface area contributed by atoms with Crippen molar-refractivity contribution < 1.29 is 14.7 Å². The lowest BCUT2D eigenvalue weighted by molar-refractivity contribution is 0.0697. The van der Waals surface area contributed by atoms with Crippen LogP contribution < -0.4 is 10.2 Å². The van der Waals surface area contributed by atoms with Crippen molar-refractivity contribution in [3.8, 4) is 0 Å². The van der Waals surface area contributed by atoms with E-state index in [1.54, 1.807) is 24.3 Å². The van der Waals surface area contributed by atoms with E-state index in [0.717, 1.165) is 13.1 Å². The van der Waals surface area contributed by atoms with Crippen LogP contribution in [0.5, 0.6) is 0 Å². The van der Waals surface area contributed by atoms with Crippen LogP contribution in [0.4, 0.5) is 11.4 Å². The van der Waals surface area contributed by atoms with E-state index in [1.807, 2.05) is 24.1 Å². The summed E-state index contributed by atoms with van der Waals surface area (Å²) >= 11 is 1.34. The normalized spacial score (nSPS) is 10.3. The molecule has 1 amide bonds. The highest BCUT2D eigenvalue weighted by Crippen LogP contribution is 2.25. The molecule has 0 saturated heterocycles. The van der Waals surface area contributed by atoms with E-state index in [-0.39, 0.29) is 11.5 Å². The number of anilines is 2. The maximum Gasteiger partial charge on any atom is 0.337 e. The van der Waals surface area contributed by atoms with Gasteiger partial charge in [0.2, 0.25) is 0 Å². The molecule has 22 heavy (non-hydrogen) atoms. The van der Waals surface area contributed by atoms with Crippen LogP contribution in [0.3, 0.4) is 0 Å². The Kier molecular flexibility index (Phi) is 5.16. The molecule has 0 bridgehead atoms. The van der Waals surface area contributed by atoms with E-state index < -0.39 is 5.97 Å². The first-order chi connectivity index (χ1) is 10.6.